The maximum atomic E-state index is 12.7. The van der Waals surface area contributed by atoms with E-state index in [9.17, 15) is 19.7 Å². The molecule has 1 atom stereocenters. The molecule has 1 aromatic carbocycles. The van der Waals surface area contributed by atoms with Crippen molar-refractivity contribution in [1.82, 2.24) is 0 Å². The van der Waals surface area contributed by atoms with Crippen LogP contribution < -0.4 is 5.73 Å². The fraction of sp³-hybridized carbons (Fsp3) is 0.368. The maximum Gasteiger partial charge on any atom is 0.340 e. The highest BCUT2D eigenvalue weighted by Gasteiger charge is 2.43. The number of hydrogen-bond donors (Lipinski definition) is 1. The lowest BCUT2D eigenvalue weighted by atomic mass is 9.76. The number of ketones is 1. The van der Waals surface area contributed by atoms with Gasteiger partial charge in [-0.15, -0.1) is 0 Å². The first-order chi connectivity index (χ1) is 13.5. The summed E-state index contributed by atoms with van der Waals surface area (Å²) in [6.07, 6.45) is 1.32. The summed E-state index contributed by atoms with van der Waals surface area (Å²) in [5.74, 6) is -1.90. The lowest BCUT2D eigenvalue weighted by Crippen LogP contribution is -2.32. The van der Waals surface area contributed by atoms with Crippen molar-refractivity contribution in [3.8, 4) is 0 Å². The van der Waals surface area contributed by atoms with Gasteiger partial charge in [-0.1, -0.05) is 18.2 Å². The van der Waals surface area contributed by atoms with Crippen LogP contribution in [0.5, 0.6) is 0 Å². The van der Waals surface area contributed by atoms with E-state index in [1.54, 1.807) is 6.07 Å². The predicted molar refractivity (Wildman–Crippen MR) is 96.9 cm³/mol. The summed E-state index contributed by atoms with van der Waals surface area (Å²) in [6.45, 7) is 0.137. The summed E-state index contributed by atoms with van der Waals surface area (Å²) >= 11 is 0. The van der Waals surface area contributed by atoms with Crippen molar-refractivity contribution in [2.24, 2.45) is 5.73 Å². The second kappa shape index (κ2) is 8.22. The first kappa shape index (κ1) is 19.6. The van der Waals surface area contributed by atoms with Crippen LogP contribution in [0.4, 0.5) is 5.69 Å². The second-order valence-electron chi connectivity index (χ2n) is 6.37. The molecule has 0 radical (unpaired) electrons. The normalized spacial score (nSPS) is 19.2. The van der Waals surface area contributed by atoms with Crippen molar-refractivity contribution in [3.05, 3.63) is 62.7 Å². The summed E-state index contributed by atoms with van der Waals surface area (Å²) < 4.78 is 15.6. The average molecular weight is 388 g/mol. The molecule has 0 spiro atoms. The molecule has 1 aromatic rings. The van der Waals surface area contributed by atoms with Crippen molar-refractivity contribution in [1.29, 1.82) is 0 Å². The number of nitrogens with zero attached hydrogens (tertiary/aromatic N) is 1. The van der Waals surface area contributed by atoms with Gasteiger partial charge in [-0.3, -0.25) is 14.9 Å². The molecule has 3 rings (SSSR count). The molecule has 9 nitrogen and oxygen atoms in total. The van der Waals surface area contributed by atoms with Crippen molar-refractivity contribution in [2.75, 3.05) is 20.3 Å². The predicted octanol–water partition coefficient (Wildman–Crippen LogP) is 2.08. The Hall–Kier alpha value is -3.20. The van der Waals surface area contributed by atoms with Gasteiger partial charge in [-0.05, 0) is 6.42 Å². The number of Topliss-reactive ketones (excluding diaryl/α,β-unsaturated/α-hetero) is 1. The number of para-hydroxylation sites is 1. The third-order valence-electron chi connectivity index (χ3n) is 4.67. The van der Waals surface area contributed by atoms with Crippen LogP contribution in [-0.4, -0.2) is 37.0 Å². The van der Waals surface area contributed by atoms with Crippen LogP contribution in [0.1, 0.15) is 30.7 Å². The lowest BCUT2D eigenvalue weighted by molar-refractivity contribution is -0.385. The second-order valence-corrected chi connectivity index (χ2v) is 6.37. The maximum absolute atomic E-state index is 12.7. The third kappa shape index (κ3) is 3.61. The minimum atomic E-state index is -1.02. The molecule has 0 bridgehead atoms. The third-order valence-corrected chi connectivity index (χ3v) is 4.67. The van der Waals surface area contributed by atoms with Gasteiger partial charge in [0, 0.05) is 37.2 Å². The Kier molecular flexibility index (Phi) is 5.74. The summed E-state index contributed by atoms with van der Waals surface area (Å²) in [6, 6.07) is 5.96. The smallest absolute Gasteiger partial charge is 0.340 e. The number of methoxy groups -OCH3 is 1. The molecule has 28 heavy (non-hydrogen) atoms. The van der Waals surface area contributed by atoms with Crippen LogP contribution in [0.2, 0.25) is 0 Å². The Balaban J connectivity index is 2.14. The highest BCUT2D eigenvalue weighted by Crippen LogP contribution is 2.46. The fourth-order valence-electron chi connectivity index (χ4n) is 3.46. The summed E-state index contributed by atoms with van der Waals surface area (Å²) in [5, 5.41) is 11.6. The molecule has 2 aliphatic rings. The monoisotopic (exact) mass is 388 g/mol. The van der Waals surface area contributed by atoms with Gasteiger partial charge in [0.1, 0.15) is 17.9 Å². The van der Waals surface area contributed by atoms with E-state index in [2.05, 4.69) is 0 Å². The lowest BCUT2D eigenvalue weighted by Gasteiger charge is -2.32. The molecule has 1 aliphatic heterocycles. The Bertz CT molecular complexity index is 888. The molecule has 0 fully saturated rings. The molecule has 1 heterocycles. The molecule has 0 saturated carbocycles. The van der Waals surface area contributed by atoms with E-state index in [0.717, 1.165) is 0 Å². The Morgan fingerprint density at radius 1 is 1.32 bits per heavy atom. The van der Waals surface area contributed by atoms with Crippen molar-refractivity contribution >= 4 is 17.4 Å². The van der Waals surface area contributed by atoms with Crippen LogP contribution in [-0.2, 0) is 23.8 Å². The molecular formula is C19H20N2O7. The van der Waals surface area contributed by atoms with Crippen LogP contribution in [0, 0.1) is 10.1 Å². The number of ether oxygens (including phenoxy) is 3. The zero-order valence-corrected chi connectivity index (χ0v) is 15.3. The quantitative estimate of drug-likeness (QED) is 0.339. The summed E-state index contributed by atoms with van der Waals surface area (Å²) in [7, 11) is 1.46. The minimum Gasteiger partial charge on any atom is -0.460 e. The van der Waals surface area contributed by atoms with Gasteiger partial charge in [0.2, 0.25) is 5.88 Å². The number of carbonyl (C=O) groups is 2. The first-order valence-electron chi connectivity index (χ1n) is 8.78. The molecule has 0 saturated heterocycles. The van der Waals surface area contributed by atoms with Crippen LogP contribution in [0.15, 0.2) is 47.1 Å². The molecule has 2 N–H and O–H groups in total. The van der Waals surface area contributed by atoms with Gasteiger partial charge in [0.05, 0.1) is 17.4 Å². The number of rotatable bonds is 6. The van der Waals surface area contributed by atoms with E-state index >= 15 is 0 Å². The van der Waals surface area contributed by atoms with E-state index in [1.165, 1.54) is 25.3 Å². The van der Waals surface area contributed by atoms with Gasteiger partial charge in [-0.2, -0.15) is 0 Å². The van der Waals surface area contributed by atoms with Gasteiger partial charge in [-0.25, -0.2) is 4.79 Å². The van der Waals surface area contributed by atoms with Gasteiger partial charge >= 0.3 is 5.97 Å². The molecule has 0 amide bonds. The zero-order valence-electron chi connectivity index (χ0n) is 15.3. The number of nitrogens with two attached hydrogens (primary N) is 1. The number of benzene rings is 1. The van der Waals surface area contributed by atoms with Gasteiger partial charge in [0.15, 0.2) is 5.78 Å². The number of nitro groups is 1. The molecule has 148 valence electrons. The SMILES string of the molecule is COCCOC(=O)C1=C(N)OC2=C(C(=O)CCC2)[C@@H]1c1ccccc1[N+](=O)[O-]. The van der Waals surface area contributed by atoms with Crippen LogP contribution >= 0.6 is 0 Å². The largest absolute Gasteiger partial charge is 0.460 e. The number of allylic oxidation sites excluding steroid dienone is 2. The highest BCUT2D eigenvalue weighted by atomic mass is 16.6. The number of carbonyl (C=O) groups excluding carboxylic acids is 2. The number of esters is 1. The van der Waals surface area contributed by atoms with Gasteiger partial charge in [0.25, 0.3) is 5.69 Å². The summed E-state index contributed by atoms with van der Waals surface area (Å²) in [4.78, 5) is 36.4. The van der Waals surface area contributed by atoms with Crippen molar-refractivity contribution < 1.29 is 28.7 Å². The van der Waals surface area contributed by atoms with E-state index in [4.69, 9.17) is 19.9 Å². The number of nitro benzene ring substituents is 1. The Labute approximate surface area is 160 Å². The Morgan fingerprint density at radius 3 is 2.79 bits per heavy atom. The molecule has 0 aromatic heterocycles. The zero-order chi connectivity index (χ0) is 20.3. The van der Waals surface area contributed by atoms with Gasteiger partial charge < -0.3 is 19.9 Å². The highest BCUT2D eigenvalue weighted by molar-refractivity contribution is 6.03. The molecule has 1 aliphatic carbocycles. The van der Waals surface area contributed by atoms with Crippen molar-refractivity contribution in [3.63, 3.8) is 0 Å². The summed E-state index contributed by atoms with van der Waals surface area (Å²) in [5.41, 5.74) is 6.10. The Morgan fingerprint density at radius 2 is 2.07 bits per heavy atom. The molecule has 9 heteroatoms. The van der Waals surface area contributed by atoms with E-state index < -0.39 is 16.8 Å². The van der Waals surface area contributed by atoms with Crippen molar-refractivity contribution in [2.45, 2.75) is 25.2 Å². The van der Waals surface area contributed by atoms with Crippen LogP contribution in [0.25, 0.3) is 0 Å². The van der Waals surface area contributed by atoms with E-state index in [1.807, 2.05) is 0 Å². The average Bonchev–Trinajstić information content (AvgIpc) is 2.67. The molecular weight excluding hydrogens is 368 g/mol. The first-order valence-corrected chi connectivity index (χ1v) is 8.78. The minimum absolute atomic E-state index is 0.0322. The van der Waals surface area contributed by atoms with Crippen LogP contribution in [0.3, 0.4) is 0 Å². The fourth-order valence-corrected chi connectivity index (χ4v) is 3.46. The van der Waals surface area contributed by atoms with E-state index in [-0.39, 0.29) is 53.7 Å². The standard InChI is InChI=1S/C19H20N2O7/c1-26-9-10-27-19(23)17-15(11-5-2-3-6-12(11)21(24)25)16-13(22)7-4-8-14(16)28-18(17)20/h2-3,5-6,15H,4,7-10,20H2,1H3/t15-/m0/s1. The van der Waals surface area contributed by atoms with E-state index in [0.29, 0.717) is 18.6 Å². The molecule has 0 unspecified atom stereocenters. The topological polar surface area (TPSA) is 131 Å². The number of hydrogen-bond acceptors (Lipinski definition) is 8.